The van der Waals surface area contributed by atoms with Gasteiger partial charge in [-0.25, -0.2) is 4.79 Å². The van der Waals surface area contributed by atoms with Gasteiger partial charge in [-0.05, 0) is 40.2 Å². The van der Waals surface area contributed by atoms with Crippen LogP contribution >= 0.6 is 0 Å². The van der Waals surface area contributed by atoms with E-state index in [-0.39, 0.29) is 24.3 Å². The average Bonchev–Trinajstić information content (AvgIpc) is 2.89. The molecule has 0 aromatic heterocycles. The number of amides is 1. The van der Waals surface area contributed by atoms with E-state index < -0.39 is 11.4 Å². The zero-order valence-electron chi connectivity index (χ0n) is 14.4. The van der Waals surface area contributed by atoms with Gasteiger partial charge in [0, 0.05) is 0 Å². The Bertz CT molecular complexity index is 578. The molecule has 0 spiro atoms. The smallest absolute Gasteiger partial charge is 0.410 e. The van der Waals surface area contributed by atoms with Crippen LogP contribution in [0.4, 0.5) is 4.79 Å². The topological polar surface area (TPSA) is 48.0 Å². The quantitative estimate of drug-likeness (QED) is 0.795. The largest absolute Gasteiger partial charge is 0.444 e. The monoisotopic (exact) mass is 319 g/mol. The van der Waals surface area contributed by atoms with E-state index in [0.29, 0.717) is 6.54 Å². The molecule has 0 unspecified atom stereocenters. The third-order valence-electron chi connectivity index (χ3n) is 4.01. The number of fused-ring (bicyclic) bond motifs is 1. The molecule has 3 rings (SSSR count). The van der Waals surface area contributed by atoms with Crippen LogP contribution in [0.5, 0.6) is 0 Å². The molecule has 5 nitrogen and oxygen atoms in total. The Labute approximate surface area is 137 Å². The summed E-state index contributed by atoms with van der Waals surface area (Å²) in [4.78, 5) is 14.4. The maximum absolute atomic E-state index is 12.6. The molecule has 3 atom stereocenters. The highest BCUT2D eigenvalue weighted by molar-refractivity contribution is 5.69. The number of carbonyl (C=O) groups is 1. The summed E-state index contributed by atoms with van der Waals surface area (Å²) in [5.41, 5.74) is 0.504. The first kappa shape index (κ1) is 16.3. The van der Waals surface area contributed by atoms with E-state index in [0.717, 1.165) is 5.56 Å². The fourth-order valence-corrected chi connectivity index (χ4v) is 3.29. The van der Waals surface area contributed by atoms with Crippen molar-refractivity contribution in [3.05, 3.63) is 35.9 Å². The minimum atomic E-state index is -0.623. The number of ether oxygens (including phenoxy) is 3. The summed E-state index contributed by atoms with van der Waals surface area (Å²) in [7, 11) is 0. The molecule has 0 aliphatic carbocycles. The van der Waals surface area contributed by atoms with Crippen LogP contribution in [0.1, 0.15) is 46.2 Å². The van der Waals surface area contributed by atoms with E-state index in [1.54, 1.807) is 4.90 Å². The van der Waals surface area contributed by atoms with Crippen molar-refractivity contribution in [3.63, 3.8) is 0 Å². The lowest BCUT2D eigenvalue weighted by Gasteiger charge is -2.32. The average molecular weight is 319 g/mol. The van der Waals surface area contributed by atoms with Gasteiger partial charge in [0.25, 0.3) is 0 Å². The lowest BCUT2D eigenvalue weighted by molar-refractivity contribution is -0.161. The van der Waals surface area contributed by atoms with Gasteiger partial charge in [0.2, 0.25) is 0 Å². The zero-order chi connectivity index (χ0) is 16.8. The van der Waals surface area contributed by atoms with Gasteiger partial charge in [-0.15, -0.1) is 0 Å². The molecule has 5 heteroatoms. The molecule has 2 fully saturated rings. The number of benzene rings is 1. The number of hydrogen-bond donors (Lipinski definition) is 0. The molecule has 0 N–H and O–H groups in total. The molecule has 1 aromatic rings. The summed E-state index contributed by atoms with van der Waals surface area (Å²) in [6.07, 6.45) is -0.645. The van der Waals surface area contributed by atoms with Crippen LogP contribution < -0.4 is 0 Å². The number of nitrogens with zero attached hydrogens (tertiary/aromatic N) is 1. The molecule has 23 heavy (non-hydrogen) atoms. The normalized spacial score (nSPS) is 29.4. The first-order valence-corrected chi connectivity index (χ1v) is 8.06. The van der Waals surface area contributed by atoms with Gasteiger partial charge in [0.15, 0.2) is 5.79 Å². The van der Waals surface area contributed by atoms with Crippen LogP contribution in [0.2, 0.25) is 0 Å². The Balaban J connectivity index is 1.89. The minimum Gasteiger partial charge on any atom is -0.444 e. The molecule has 1 aromatic carbocycles. The van der Waals surface area contributed by atoms with Gasteiger partial charge in [0.05, 0.1) is 12.6 Å². The second-order valence-corrected chi connectivity index (χ2v) is 7.63. The van der Waals surface area contributed by atoms with Gasteiger partial charge in [-0.2, -0.15) is 0 Å². The minimum absolute atomic E-state index is 0.136. The molecular formula is C18H25NO4. The van der Waals surface area contributed by atoms with E-state index in [1.165, 1.54) is 0 Å². The van der Waals surface area contributed by atoms with Crippen molar-refractivity contribution in [2.45, 2.75) is 64.3 Å². The second-order valence-electron chi connectivity index (χ2n) is 7.63. The molecule has 1 amide bonds. The SMILES string of the molecule is CC(C)(C)OC(=O)N1C[C@@H]2OC(C)(C)O[C@@H]2[C@H]1c1ccccc1. The predicted octanol–water partition coefficient (Wildman–Crippen LogP) is 3.50. The number of rotatable bonds is 1. The van der Waals surface area contributed by atoms with Gasteiger partial charge in [-0.1, -0.05) is 30.3 Å². The highest BCUT2D eigenvalue weighted by Crippen LogP contribution is 2.44. The highest BCUT2D eigenvalue weighted by Gasteiger charge is 2.55. The van der Waals surface area contributed by atoms with Crippen LogP contribution in [0, 0.1) is 0 Å². The molecule has 2 saturated heterocycles. The maximum atomic E-state index is 12.6. The van der Waals surface area contributed by atoms with Crippen LogP contribution in [-0.4, -0.2) is 41.1 Å². The van der Waals surface area contributed by atoms with Crippen molar-refractivity contribution in [3.8, 4) is 0 Å². The maximum Gasteiger partial charge on any atom is 0.410 e. The molecular weight excluding hydrogens is 294 g/mol. The summed E-state index contributed by atoms with van der Waals surface area (Å²) >= 11 is 0. The van der Waals surface area contributed by atoms with E-state index >= 15 is 0 Å². The Morgan fingerprint density at radius 2 is 1.87 bits per heavy atom. The van der Waals surface area contributed by atoms with E-state index in [9.17, 15) is 4.79 Å². The molecule has 0 saturated carbocycles. The Hall–Kier alpha value is -1.59. The molecule has 126 valence electrons. The molecule has 2 aliphatic heterocycles. The van der Waals surface area contributed by atoms with Crippen LogP contribution in [0.15, 0.2) is 30.3 Å². The van der Waals surface area contributed by atoms with Gasteiger partial charge in [-0.3, -0.25) is 4.90 Å². The second kappa shape index (κ2) is 5.49. The fraction of sp³-hybridized carbons (Fsp3) is 0.611. The lowest BCUT2D eigenvalue weighted by Crippen LogP contribution is -2.40. The fourth-order valence-electron chi connectivity index (χ4n) is 3.29. The summed E-state index contributed by atoms with van der Waals surface area (Å²) in [5, 5.41) is 0. The van der Waals surface area contributed by atoms with Gasteiger partial charge < -0.3 is 14.2 Å². The van der Waals surface area contributed by atoms with Crippen molar-refractivity contribution >= 4 is 6.09 Å². The summed E-state index contributed by atoms with van der Waals surface area (Å²) in [5.74, 6) is -0.623. The standard InChI is InChI=1S/C18H25NO4/c1-17(2,3)23-16(20)19-11-13-15(22-18(4,5)21-13)14(19)12-9-7-6-8-10-12/h6-10,13-15H,11H2,1-5H3/t13-,14+,15-/m0/s1. The molecule has 0 radical (unpaired) electrons. The van der Waals surface area contributed by atoms with Crippen molar-refractivity contribution in [1.29, 1.82) is 0 Å². The molecule has 2 heterocycles. The van der Waals surface area contributed by atoms with Crippen LogP contribution in [0.25, 0.3) is 0 Å². The number of likely N-dealkylation sites (tertiary alicyclic amines) is 1. The van der Waals surface area contributed by atoms with E-state index in [4.69, 9.17) is 14.2 Å². The van der Waals surface area contributed by atoms with Crippen LogP contribution in [-0.2, 0) is 14.2 Å². The van der Waals surface area contributed by atoms with E-state index in [1.807, 2.05) is 65.0 Å². The van der Waals surface area contributed by atoms with Crippen molar-refractivity contribution in [2.24, 2.45) is 0 Å². The first-order chi connectivity index (χ1) is 10.7. The Morgan fingerprint density at radius 1 is 1.22 bits per heavy atom. The van der Waals surface area contributed by atoms with Crippen molar-refractivity contribution < 1.29 is 19.0 Å². The van der Waals surface area contributed by atoms with Crippen molar-refractivity contribution in [2.75, 3.05) is 6.54 Å². The summed E-state index contributed by atoms with van der Waals surface area (Å²) in [6.45, 7) is 9.90. The van der Waals surface area contributed by atoms with Crippen LogP contribution in [0.3, 0.4) is 0 Å². The van der Waals surface area contributed by atoms with Crippen molar-refractivity contribution in [1.82, 2.24) is 4.90 Å². The van der Waals surface area contributed by atoms with Gasteiger partial charge in [0.1, 0.15) is 17.8 Å². The molecule has 2 aliphatic rings. The molecule has 0 bridgehead atoms. The number of carbonyl (C=O) groups excluding carboxylic acids is 1. The first-order valence-electron chi connectivity index (χ1n) is 8.06. The highest BCUT2D eigenvalue weighted by atomic mass is 16.8. The summed E-state index contributed by atoms with van der Waals surface area (Å²) < 4.78 is 17.6. The van der Waals surface area contributed by atoms with Gasteiger partial charge >= 0.3 is 6.09 Å². The zero-order valence-corrected chi connectivity index (χ0v) is 14.4. The third-order valence-corrected chi connectivity index (χ3v) is 4.01. The predicted molar refractivity (Wildman–Crippen MR) is 85.9 cm³/mol. The Kier molecular flexibility index (Phi) is 3.89. The lowest BCUT2D eigenvalue weighted by atomic mass is 10.0. The summed E-state index contributed by atoms with van der Waals surface area (Å²) in [6, 6.07) is 9.73. The number of hydrogen-bond acceptors (Lipinski definition) is 4. The van der Waals surface area contributed by atoms with E-state index in [2.05, 4.69) is 0 Å². The Morgan fingerprint density at radius 3 is 2.48 bits per heavy atom. The third kappa shape index (κ3) is 3.35.